The Morgan fingerprint density at radius 3 is 2.64 bits per heavy atom. The van der Waals surface area contributed by atoms with E-state index in [2.05, 4.69) is 22.6 Å². The zero-order chi connectivity index (χ0) is 20.6. The van der Waals surface area contributed by atoms with Gasteiger partial charge in [-0.25, -0.2) is 13.6 Å². The molecular formula is C20H19F2IN2O3. The molecule has 0 aromatic heterocycles. The Bertz CT molecular complexity index is 965. The fraction of sp³-hybridized carbons (Fsp3) is 0.300. The molecule has 148 valence electrons. The normalized spacial score (nSPS) is 13.2. The monoisotopic (exact) mass is 500 g/mol. The first-order valence-electron chi connectivity index (χ1n) is 8.74. The Hall–Kier alpha value is -2.23. The van der Waals surface area contributed by atoms with Gasteiger partial charge in [-0.3, -0.25) is 4.79 Å². The Kier molecular flexibility index (Phi) is 5.87. The van der Waals surface area contributed by atoms with Crippen molar-refractivity contribution in [1.29, 1.82) is 0 Å². The number of hydrogen-bond acceptors (Lipinski definition) is 4. The van der Waals surface area contributed by atoms with E-state index in [1.807, 2.05) is 26.0 Å². The van der Waals surface area contributed by atoms with E-state index in [1.165, 1.54) is 16.8 Å². The number of cyclic esters (lactones) is 1. The summed E-state index contributed by atoms with van der Waals surface area (Å²) in [7, 11) is 1.50. The van der Waals surface area contributed by atoms with Crippen LogP contribution >= 0.6 is 22.6 Å². The third kappa shape index (κ3) is 3.57. The van der Waals surface area contributed by atoms with Crippen LogP contribution in [0.1, 0.15) is 39.6 Å². The van der Waals surface area contributed by atoms with Crippen LogP contribution in [0.25, 0.3) is 0 Å². The number of amides is 1. The van der Waals surface area contributed by atoms with Crippen molar-refractivity contribution in [3.63, 3.8) is 0 Å². The molecule has 0 spiro atoms. The molecule has 1 heterocycles. The smallest absolute Gasteiger partial charge is 0.342 e. The fourth-order valence-corrected chi connectivity index (χ4v) is 3.86. The molecule has 0 radical (unpaired) electrons. The largest absolute Gasteiger partial charge is 0.440 e. The zero-order valence-corrected chi connectivity index (χ0v) is 17.8. The number of carbonyl (C=O) groups excluding carboxylic acids is 2. The molecule has 0 fully saturated rings. The Morgan fingerprint density at radius 2 is 2.00 bits per heavy atom. The minimum absolute atomic E-state index is 0.170. The van der Waals surface area contributed by atoms with Gasteiger partial charge in [0.15, 0.2) is 18.4 Å². The van der Waals surface area contributed by atoms with Gasteiger partial charge in [-0.1, -0.05) is 6.92 Å². The van der Waals surface area contributed by atoms with Gasteiger partial charge < -0.3 is 14.5 Å². The maximum atomic E-state index is 15.1. The summed E-state index contributed by atoms with van der Waals surface area (Å²) in [5.74, 6) is -3.98. The van der Waals surface area contributed by atoms with E-state index in [9.17, 15) is 14.0 Å². The van der Waals surface area contributed by atoms with Crippen molar-refractivity contribution in [2.24, 2.45) is 0 Å². The molecule has 1 aliphatic rings. The average Bonchev–Trinajstić information content (AvgIpc) is 2.65. The summed E-state index contributed by atoms with van der Waals surface area (Å²) in [6.07, 6.45) is 0.666. The molecule has 0 N–H and O–H groups in total. The number of rotatable bonds is 4. The van der Waals surface area contributed by atoms with Crippen molar-refractivity contribution < 1.29 is 23.1 Å². The lowest BCUT2D eigenvalue weighted by Crippen LogP contribution is -2.34. The number of nitrogens with zero attached hydrogens (tertiary/aromatic N) is 2. The highest BCUT2D eigenvalue weighted by atomic mass is 127. The first kappa shape index (κ1) is 20.5. The van der Waals surface area contributed by atoms with Crippen LogP contribution in [0.15, 0.2) is 24.3 Å². The molecule has 1 aliphatic heterocycles. The number of carbonyl (C=O) groups is 2. The molecular weight excluding hydrogens is 481 g/mol. The molecule has 0 unspecified atom stereocenters. The van der Waals surface area contributed by atoms with Crippen LogP contribution in [-0.4, -0.2) is 37.1 Å². The summed E-state index contributed by atoms with van der Waals surface area (Å²) < 4.78 is 36.0. The van der Waals surface area contributed by atoms with Gasteiger partial charge in [-0.2, -0.15) is 0 Å². The zero-order valence-electron chi connectivity index (χ0n) is 15.7. The molecule has 0 aliphatic carbocycles. The van der Waals surface area contributed by atoms with Crippen LogP contribution < -0.4 is 4.90 Å². The van der Waals surface area contributed by atoms with Crippen molar-refractivity contribution in [1.82, 2.24) is 4.90 Å². The lowest BCUT2D eigenvalue weighted by Gasteiger charge is -2.32. The van der Waals surface area contributed by atoms with Crippen molar-refractivity contribution in [3.05, 3.63) is 56.2 Å². The minimum Gasteiger partial charge on any atom is -0.440 e. The van der Waals surface area contributed by atoms with E-state index >= 15 is 4.39 Å². The van der Waals surface area contributed by atoms with E-state index in [0.717, 1.165) is 15.2 Å². The Labute approximate surface area is 175 Å². The number of benzene rings is 2. The second-order valence-corrected chi connectivity index (χ2v) is 7.84. The third-order valence-corrected chi connectivity index (χ3v) is 5.25. The number of ether oxygens (including phenoxy) is 1. The molecule has 1 amide bonds. The summed E-state index contributed by atoms with van der Waals surface area (Å²) >= 11 is 2.15. The molecule has 0 saturated heterocycles. The van der Waals surface area contributed by atoms with E-state index in [0.29, 0.717) is 18.7 Å². The lowest BCUT2D eigenvalue weighted by molar-refractivity contribution is 0.0491. The number of halogens is 3. The van der Waals surface area contributed by atoms with Gasteiger partial charge in [0.2, 0.25) is 0 Å². The van der Waals surface area contributed by atoms with Gasteiger partial charge in [0.05, 0.1) is 16.8 Å². The summed E-state index contributed by atoms with van der Waals surface area (Å²) in [6.45, 7) is 3.84. The maximum absolute atomic E-state index is 15.1. The Morgan fingerprint density at radius 1 is 1.29 bits per heavy atom. The van der Waals surface area contributed by atoms with Crippen LogP contribution in [0, 0.1) is 22.1 Å². The minimum atomic E-state index is -1.27. The second kappa shape index (κ2) is 8.02. The van der Waals surface area contributed by atoms with Crippen molar-refractivity contribution in [3.8, 4) is 0 Å². The molecule has 28 heavy (non-hydrogen) atoms. The van der Waals surface area contributed by atoms with Gasteiger partial charge >= 0.3 is 5.97 Å². The van der Waals surface area contributed by atoms with Crippen LogP contribution in [0.2, 0.25) is 0 Å². The summed E-state index contributed by atoms with van der Waals surface area (Å²) in [4.78, 5) is 27.5. The van der Waals surface area contributed by atoms with Crippen LogP contribution in [0.4, 0.5) is 20.2 Å². The van der Waals surface area contributed by atoms with Gasteiger partial charge in [0, 0.05) is 22.8 Å². The molecule has 8 heteroatoms. The summed E-state index contributed by atoms with van der Waals surface area (Å²) in [5, 5.41) is 0. The highest BCUT2D eigenvalue weighted by Crippen LogP contribution is 2.39. The number of anilines is 2. The SMILES string of the molecule is CCCN(C)C(=O)c1cc2c(c(F)c1F)N(c1ccc(I)cc1C)COC2=O. The van der Waals surface area contributed by atoms with E-state index in [1.54, 1.807) is 6.07 Å². The molecule has 2 aromatic rings. The molecule has 0 saturated carbocycles. The first-order valence-corrected chi connectivity index (χ1v) is 9.82. The standard InChI is InChI=1S/C20H19F2IN2O3/c1-4-7-24(3)19(26)13-9-14-18(17(22)16(13)21)25(10-28-20(14)27)15-6-5-12(23)8-11(15)2/h5-6,8-9H,4,7,10H2,1-3H3. The second-order valence-electron chi connectivity index (χ2n) is 6.59. The number of esters is 1. The number of hydrogen-bond donors (Lipinski definition) is 0. The van der Waals surface area contributed by atoms with Gasteiger partial charge in [0.25, 0.3) is 5.91 Å². The van der Waals surface area contributed by atoms with Crippen molar-refractivity contribution >= 4 is 45.8 Å². The predicted molar refractivity (Wildman–Crippen MR) is 110 cm³/mol. The quantitative estimate of drug-likeness (QED) is 0.454. The molecule has 0 bridgehead atoms. The third-order valence-electron chi connectivity index (χ3n) is 4.58. The Balaban J connectivity index is 2.16. The molecule has 0 atom stereocenters. The lowest BCUT2D eigenvalue weighted by atomic mass is 10.0. The fourth-order valence-electron chi connectivity index (χ4n) is 3.21. The average molecular weight is 500 g/mol. The predicted octanol–water partition coefficient (Wildman–Crippen LogP) is 4.63. The van der Waals surface area contributed by atoms with E-state index in [-0.39, 0.29) is 18.0 Å². The van der Waals surface area contributed by atoms with Crippen LogP contribution in [-0.2, 0) is 4.74 Å². The van der Waals surface area contributed by atoms with Gasteiger partial charge in [0.1, 0.15) is 0 Å². The van der Waals surface area contributed by atoms with Gasteiger partial charge in [-0.15, -0.1) is 0 Å². The summed E-state index contributed by atoms with van der Waals surface area (Å²) in [5.41, 5.74) is 0.544. The first-order chi connectivity index (χ1) is 13.3. The molecule has 5 nitrogen and oxygen atoms in total. The number of fused-ring (bicyclic) bond motifs is 1. The topological polar surface area (TPSA) is 49.9 Å². The molecule has 3 rings (SSSR count). The van der Waals surface area contributed by atoms with Crippen LogP contribution in [0.5, 0.6) is 0 Å². The highest BCUT2D eigenvalue weighted by Gasteiger charge is 2.34. The summed E-state index contributed by atoms with van der Waals surface area (Å²) in [6, 6.07) is 6.55. The number of aryl methyl sites for hydroxylation is 1. The highest BCUT2D eigenvalue weighted by molar-refractivity contribution is 14.1. The van der Waals surface area contributed by atoms with Gasteiger partial charge in [-0.05, 0) is 65.8 Å². The van der Waals surface area contributed by atoms with Crippen molar-refractivity contribution in [2.75, 3.05) is 25.2 Å². The van der Waals surface area contributed by atoms with Crippen molar-refractivity contribution in [2.45, 2.75) is 20.3 Å². The van der Waals surface area contributed by atoms with Crippen LogP contribution in [0.3, 0.4) is 0 Å². The molecule has 2 aromatic carbocycles. The van der Waals surface area contributed by atoms with E-state index < -0.39 is 29.1 Å². The maximum Gasteiger partial charge on any atom is 0.342 e. The van der Waals surface area contributed by atoms with E-state index in [4.69, 9.17) is 4.74 Å².